The van der Waals surface area contributed by atoms with Crippen molar-refractivity contribution < 1.29 is 9.15 Å². The molecule has 1 N–H and O–H groups in total. The Labute approximate surface area is 162 Å². The molecule has 0 unspecified atom stereocenters. The highest BCUT2D eigenvalue weighted by molar-refractivity contribution is 5.78. The summed E-state index contributed by atoms with van der Waals surface area (Å²) in [5.41, 5.74) is 2.74. The molecule has 3 saturated heterocycles. The van der Waals surface area contributed by atoms with E-state index in [1.807, 2.05) is 42.5 Å². The molecule has 3 fully saturated rings. The van der Waals surface area contributed by atoms with Gasteiger partial charge < -0.3 is 24.3 Å². The predicted octanol–water partition coefficient (Wildman–Crippen LogP) is 3.87. The van der Waals surface area contributed by atoms with Crippen LogP contribution in [-0.2, 0) is 0 Å². The molecule has 7 rings (SSSR count). The molecular formula is C21H21N5O2. The second-order valence-electron chi connectivity index (χ2n) is 7.59. The Kier molecular flexibility index (Phi) is 3.55. The minimum Gasteiger partial charge on any atom is -0.453 e. The third-order valence-electron chi connectivity index (χ3n) is 5.92. The van der Waals surface area contributed by atoms with Crippen molar-refractivity contribution in [3.05, 3.63) is 42.5 Å². The summed E-state index contributed by atoms with van der Waals surface area (Å²) in [4.78, 5) is 4.81. The maximum Gasteiger partial charge on any atom is 0.318 e. The Morgan fingerprint density at radius 1 is 0.893 bits per heavy atom. The summed E-state index contributed by atoms with van der Waals surface area (Å²) >= 11 is 0. The second-order valence-corrected chi connectivity index (χ2v) is 7.59. The monoisotopic (exact) mass is 375 g/mol. The zero-order chi connectivity index (χ0) is 18.5. The van der Waals surface area contributed by atoms with Crippen molar-refractivity contribution in [1.82, 2.24) is 15.1 Å². The summed E-state index contributed by atoms with van der Waals surface area (Å²) in [7, 11) is 0. The van der Waals surface area contributed by atoms with Crippen LogP contribution in [0.4, 0.5) is 17.4 Å². The summed E-state index contributed by atoms with van der Waals surface area (Å²) in [6.45, 7) is 4.34. The number of ether oxygens (including phenoxy) is 1. The average Bonchev–Trinajstić information content (AvgIpc) is 3.04. The molecule has 0 spiro atoms. The Morgan fingerprint density at radius 2 is 1.75 bits per heavy atom. The number of rotatable bonds is 2. The van der Waals surface area contributed by atoms with Crippen molar-refractivity contribution in [3.8, 4) is 23.0 Å². The Bertz CT molecular complexity index is 1030. The van der Waals surface area contributed by atoms with E-state index in [-0.39, 0.29) is 0 Å². The van der Waals surface area contributed by atoms with Crippen molar-refractivity contribution in [3.63, 3.8) is 0 Å². The quantitative estimate of drug-likeness (QED) is 0.570. The number of nitrogens with zero attached hydrogens (tertiary/aromatic N) is 4. The summed E-state index contributed by atoms with van der Waals surface area (Å²) in [5.74, 6) is 2.16. The van der Waals surface area contributed by atoms with E-state index in [2.05, 4.69) is 25.3 Å². The van der Waals surface area contributed by atoms with Crippen molar-refractivity contribution in [2.45, 2.75) is 18.9 Å². The van der Waals surface area contributed by atoms with Gasteiger partial charge in [0.1, 0.15) is 0 Å². The van der Waals surface area contributed by atoms with Gasteiger partial charge in [0.2, 0.25) is 5.89 Å². The molecule has 0 aliphatic carbocycles. The molecule has 4 aliphatic heterocycles. The highest BCUT2D eigenvalue weighted by Crippen LogP contribution is 2.43. The lowest BCUT2D eigenvalue weighted by Gasteiger charge is -2.29. The van der Waals surface area contributed by atoms with Crippen LogP contribution in [-0.4, -0.2) is 47.3 Å². The van der Waals surface area contributed by atoms with Gasteiger partial charge in [-0.3, -0.25) is 0 Å². The SMILES string of the molecule is c1ccc2c(c1)Nc1cc(-c3nnc(N4CCN5CCC4CC5)o3)ccc1O2. The predicted molar refractivity (Wildman–Crippen MR) is 106 cm³/mol. The first kappa shape index (κ1) is 15.9. The van der Waals surface area contributed by atoms with Gasteiger partial charge in [0, 0.05) is 37.8 Å². The Hall–Kier alpha value is -3.06. The van der Waals surface area contributed by atoms with Crippen molar-refractivity contribution >= 4 is 17.4 Å². The largest absolute Gasteiger partial charge is 0.453 e. The molecule has 28 heavy (non-hydrogen) atoms. The highest BCUT2D eigenvalue weighted by atomic mass is 16.5. The molecule has 4 aliphatic rings. The van der Waals surface area contributed by atoms with E-state index in [9.17, 15) is 0 Å². The first-order valence-electron chi connectivity index (χ1n) is 9.84. The van der Waals surface area contributed by atoms with Gasteiger partial charge in [0.15, 0.2) is 11.5 Å². The molecule has 3 aromatic rings. The zero-order valence-corrected chi connectivity index (χ0v) is 15.5. The fourth-order valence-electron chi connectivity index (χ4n) is 4.36. The van der Waals surface area contributed by atoms with Crippen molar-refractivity contribution in [2.75, 3.05) is 36.4 Å². The molecule has 1 aromatic heterocycles. The number of nitrogens with one attached hydrogen (secondary N) is 1. The van der Waals surface area contributed by atoms with Crippen LogP contribution in [0.25, 0.3) is 11.5 Å². The van der Waals surface area contributed by atoms with Crippen LogP contribution in [0, 0.1) is 0 Å². The minimum atomic E-state index is 0.502. The van der Waals surface area contributed by atoms with Crippen LogP contribution < -0.4 is 15.0 Å². The van der Waals surface area contributed by atoms with Gasteiger partial charge >= 0.3 is 6.01 Å². The van der Waals surface area contributed by atoms with Crippen LogP contribution in [0.1, 0.15) is 12.8 Å². The van der Waals surface area contributed by atoms with Crippen LogP contribution in [0.2, 0.25) is 0 Å². The van der Waals surface area contributed by atoms with Gasteiger partial charge in [-0.15, -0.1) is 5.10 Å². The van der Waals surface area contributed by atoms with Crippen LogP contribution in [0.5, 0.6) is 11.5 Å². The van der Waals surface area contributed by atoms with Gasteiger partial charge in [0.05, 0.1) is 11.4 Å². The van der Waals surface area contributed by atoms with E-state index >= 15 is 0 Å². The molecule has 2 aromatic carbocycles. The number of para-hydroxylation sites is 2. The Morgan fingerprint density at radius 3 is 2.68 bits per heavy atom. The van der Waals surface area contributed by atoms with Crippen LogP contribution in [0.15, 0.2) is 46.9 Å². The maximum absolute atomic E-state index is 6.09. The van der Waals surface area contributed by atoms with E-state index in [0.717, 1.165) is 54.4 Å². The summed E-state index contributed by atoms with van der Waals surface area (Å²) in [5, 5.41) is 12.1. The van der Waals surface area contributed by atoms with Gasteiger partial charge in [-0.1, -0.05) is 17.2 Å². The molecule has 2 bridgehead atoms. The minimum absolute atomic E-state index is 0.502. The van der Waals surface area contributed by atoms with Gasteiger partial charge in [-0.05, 0) is 43.2 Å². The fraction of sp³-hybridized carbons (Fsp3) is 0.333. The topological polar surface area (TPSA) is 66.7 Å². The third kappa shape index (κ3) is 2.62. The number of fused-ring (bicyclic) bond motifs is 6. The summed E-state index contributed by atoms with van der Waals surface area (Å²) < 4.78 is 12.1. The maximum atomic E-state index is 6.09. The summed E-state index contributed by atoms with van der Waals surface area (Å²) in [6, 6.07) is 14.9. The highest BCUT2D eigenvalue weighted by Gasteiger charge is 2.32. The molecule has 5 heterocycles. The van der Waals surface area contributed by atoms with Gasteiger partial charge in [0.25, 0.3) is 0 Å². The normalized spacial score (nSPS) is 22.6. The number of benzene rings is 2. The van der Waals surface area contributed by atoms with Crippen molar-refractivity contribution in [2.24, 2.45) is 0 Å². The smallest absolute Gasteiger partial charge is 0.318 e. The third-order valence-corrected chi connectivity index (χ3v) is 5.92. The molecular weight excluding hydrogens is 354 g/mol. The number of aromatic nitrogens is 2. The molecule has 142 valence electrons. The lowest BCUT2D eigenvalue weighted by atomic mass is 10.1. The van der Waals surface area contributed by atoms with E-state index in [1.54, 1.807) is 0 Å². The zero-order valence-electron chi connectivity index (χ0n) is 15.5. The van der Waals surface area contributed by atoms with Gasteiger partial charge in [-0.2, -0.15) is 0 Å². The summed E-state index contributed by atoms with van der Waals surface area (Å²) in [6.07, 6.45) is 2.33. The number of hydrogen-bond acceptors (Lipinski definition) is 7. The van der Waals surface area contributed by atoms with Crippen LogP contribution in [0.3, 0.4) is 0 Å². The van der Waals surface area contributed by atoms with E-state index in [0.29, 0.717) is 17.9 Å². The van der Waals surface area contributed by atoms with E-state index < -0.39 is 0 Å². The molecule has 0 saturated carbocycles. The number of hydrogen-bond donors (Lipinski definition) is 1. The molecule has 7 heteroatoms. The first-order chi connectivity index (χ1) is 13.8. The lowest BCUT2D eigenvalue weighted by Crippen LogP contribution is -2.38. The fourth-order valence-corrected chi connectivity index (χ4v) is 4.36. The number of anilines is 3. The Balaban J connectivity index is 1.29. The standard InChI is InChI=1S/C21H21N5O2/c1-2-4-18-16(3-1)22-17-13-14(5-6-19(17)27-18)20-23-24-21(28-20)26-12-11-25-9-7-15(26)8-10-25/h1-6,13,15,22H,7-12H2. The number of piperidine rings is 1. The van der Waals surface area contributed by atoms with Crippen molar-refractivity contribution in [1.29, 1.82) is 0 Å². The van der Waals surface area contributed by atoms with E-state index in [4.69, 9.17) is 9.15 Å². The second kappa shape index (κ2) is 6.24. The molecule has 7 nitrogen and oxygen atoms in total. The molecule has 0 amide bonds. The first-order valence-corrected chi connectivity index (χ1v) is 9.84. The van der Waals surface area contributed by atoms with E-state index in [1.165, 1.54) is 13.1 Å². The average molecular weight is 375 g/mol. The molecule has 0 atom stereocenters. The van der Waals surface area contributed by atoms with Gasteiger partial charge in [-0.25, -0.2) is 0 Å². The molecule has 0 radical (unpaired) electrons. The lowest BCUT2D eigenvalue weighted by molar-refractivity contribution is 0.249. The van der Waals surface area contributed by atoms with Crippen LogP contribution >= 0.6 is 0 Å².